The van der Waals surface area contributed by atoms with Crippen LogP contribution in [0.2, 0.25) is 0 Å². The van der Waals surface area contributed by atoms with Crippen LogP contribution in [-0.2, 0) is 14.6 Å². The first-order chi connectivity index (χ1) is 12.4. The summed E-state index contributed by atoms with van der Waals surface area (Å²) in [6.07, 6.45) is 3.41. The summed E-state index contributed by atoms with van der Waals surface area (Å²) >= 11 is 0. The van der Waals surface area contributed by atoms with E-state index < -0.39 is 9.84 Å². The van der Waals surface area contributed by atoms with E-state index in [1.807, 2.05) is 25.1 Å². The molecular weight excluding hydrogens is 350 g/mol. The van der Waals surface area contributed by atoms with Gasteiger partial charge in [0.2, 0.25) is 0 Å². The number of sulfone groups is 1. The van der Waals surface area contributed by atoms with E-state index in [9.17, 15) is 13.2 Å². The van der Waals surface area contributed by atoms with Crippen molar-refractivity contribution in [3.05, 3.63) is 54.1 Å². The number of hydrogen-bond acceptors (Lipinski definition) is 4. The van der Waals surface area contributed by atoms with Gasteiger partial charge in [0.15, 0.2) is 16.4 Å². The molecule has 1 amide bonds. The Morgan fingerprint density at radius 3 is 2.46 bits per heavy atom. The molecule has 0 bridgehead atoms. The van der Waals surface area contributed by atoms with Gasteiger partial charge >= 0.3 is 0 Å². The molecule has 1 fully saturated rings. The van der Waals surface area contributed by atoms with E-state index in [2.05, 4.69) is 5.32 Å². The highest BCUT2D eigenvalue weighted by molar-refractivity contribution is 7.92. The molecule has 0 saturated heterocycles. The predicted molar refractivity (Wildman–Crippen MR) is 101 cm³/mol. The second kappa shape index (κ2) is 7.91. The molecule has 1 aliphatic rings. The number of carbonyl (C=O) groups excluding carboxylic acids is 1. The average molecular weight is 373 g/mol. The van der Waals surface area contributed by atoms with Crippen molar-refractivity contribution in [3.63, 3.8) is 0 Å². The van der Waals surface area contributed by atoms with E-state index in [0.717, 1.165) is 31.2 Å². The molecule has 0 aliphatic heterocycles. The van der Waals surface area contributed by atoms with Crippen LogP contribution >= 0.6 is 0 Å². The minimum atomic E-state index is -3.27. The second-order valence-electron chi connectivity index (χ2n) is 6.63. The summed E-state index contributed by atoms with van der Waals surface area (Å²) in [4.78, 5) is 12.3. The first-order valence-electron chi connectivity index (χ1n) is 8.78. The molecule has 138 valence electrons. The van der Waals surface area contributed by atoms with Crippen molar-refractivity contribution in [1.82, 2.24) is 0 Å². The lowest BCUT2D eigenvalue weighted by Crippen LogP contribution is -2.20. The monoisotopic (exact) mass is 373 g/mol. The Labute approximate surface area is 154 Å². The van der Waals surface area contributed by atoms with Crippen LogP contribution in [0.1, 0.15) is 31.2 Å². The first kappa shape index (κ1) is 18.5. The number of hydrogen-bond donors (Lipinski definition) is 1. The van der Waals surface area contributed by atoms with Gasteiger partial charge in [-0.3, -0.25) is 4.79 Å². The van der Waals surface area contributed by atoms with E-state index in [1.54, 1.807) is 30.3 Å². The Balaban J connectivity index is 1.57. The van der Waals surface area contributed by atoms with Crippen LogP contribution in [0.4, 0.5) is 5.69 Å². The van der Waals surface area contributed by atoms with Gasteiger partial charge in [-0.15, -0.1) is 0 Å². The Bertz CT molecular complexity index is 869. The molecule has 0 aromatic heterocycles. The molecule has 5 nitrogen and oxygen atoms in total. The summed E-state index contributed by atoms with van der Waals surface area (Å²) in [5, 5.41) is 2.44. The fourth-order valence-corrected chi connectivity index (χ4v) is 5.02. The standard InChI is InChI=1S/C20H23NO4S/c1-15-5-4-6-17(13-15)25-14-20(22)21-16-9-11-19(12-10-16)26(23,24)18-7-2-3-8-18/h4-6,9-13,18H,2-3,7-8,14H2,1H3,(H,21,22). The van der Waals surface area contributed by atoms with Crippen LogP contribution < -0.4 is 10.1 Å². The fourth-order valence-electron chi connectivity index (χ4n) is 3.17. The smallest absolute Gasteiger partial charge is 0.262 e. The van der Waals surface area contributed by atoms with Crippen LogP contribution in [-0.4, -0.2) is 26.2 Å². The van der Waals surface area contributed by atoms with Crippen molar-refractivity contribution in [1.29, 1.82) is 0 Å². The van der Waals surface area contributed by atoms with Crippen LogP contribution in [0, 0.1) is 6.92 Å². The number of amides is 1. The van der Waals surface area contributed by atoms with E-state index in [-0.39, 0.29) is 17.8 Å². The highest BCUT2D eigenvalue weighted by atomic mass is 32.2. The minimum Gasteiger partial charge on any atom is -0.484 e. The van der Waals surface area contributed by atoms with Crippen molar-refractivity contribution < 1.29 is 17.9 Å². The topological polar surface area (TPSA) is 72.5 Å². The highest BCUT2D eigenvalue weighted by Crippen LogP contribution is 2.30. The Morgan fingerprint density at radius 1 is 1.12 bits per heavy atom. The Morgan fingerprint density at radius 2 is 1.81 bits per heavy atom. The zero-order valence-electron chi connectivity index (χ0n) is 14.8. The third-order valence-corrected chi connectivity index (χ3v) is 6.85. The Kier molecular flexibility index (Phi) is 5.61. The summed E-state index contributed by atoms with van der Waals surface area (Å²) < 4.78 is 30.6. The second-order valence-corrected chi connectivity index (χ2v) is 8.86. The number of carbonyl (C=O) groups is 1. The molecule has 1 aliphatic carbocycles. The number of aryl methyl sites for hydroxylation is 1. The average Bonchev–Trinajstić information content (AvgIpc) is 3.16. The molecule has 1 saturated carbocycles. The normalized spacial score (nSPS) is 15.0. The summed E-state index contributed by atoms with van der Waals surface area (Å²) in [5.41, 5.74) is 1.61. The predicted octanol–water partition coefficient (Wildman–Crippen LogP) is 3.73. The maximum absolute atomic E-state index is 12.5. The van der Waals surface area contributed by atoms with Gasteiger partial charge in [-0.05, 0) is 61.7 Å². The molecule has 0 heterocycles. The van der Waals surface area contributed by atoms with Crippen molar-refractivity contribution >= 4 is 21.4 Å². The van der Waals surface area contributed by atoms with Crippen LogP contribution in [0.5, 0.6) is 5.75 Å². The van der Waals surface area contributed by atoms with Gasteiger partial charge < -0.3 is 10.1 Å². The quantitative estimate of drug-likeness (QED) is 0.837. The lowest BCUT2D eigenvalue weighted by atomic mass is 10.2. The maximum atomic E-state index is 12.5. The minimum absolute atomic E-state index is 0.106. The van der Waals surface area contributed by atoms with Gasteiger partial charge in [0.05, 0.1) is 10.1 Å². The van der Waals surface area contributed by atoms with Crippen LogP contribution in [0.3, 0.4) is 0 Å². The fraction of sp³-hybridized carbons (Fsp3) is 0.350. The molecule has 0 atom stereocenters. The molecule has 6 heteroatoms. The molecular formula is C20H23NO4S. The van der Waals surface area contributed by atoms with Gasteiger partial charge in [-0.25, -0.2) is 8.42 Å². The van der Waals surface area contributed by atoms with E-state index in [0.29, 0.717) is 16.3 Å². The summed E-state index contributed by atoms with van der Waals surface area (Å²) in [6, 6.07) is 13.8. The van der Waals surface area contributed by atoms with Gasteiger partial charge in [-0.2, -0.15) is 0 Å². The number of benzene rings is 2. The van der Waals surface area contributed by atoms with E-state index >= 15 is 0 Å². The molecule has 2 aromatic rings. The number of ether oxygens (including phenoxy) is 1. The highest BCUT2D eigenvalue weighted by Gasteiger charge is 2.30. The lowest BCUT2D eigenvalue weighted by Gasteiger charge is -2.12. The molecule has 2 aromatic carbocycles. The number of rotatable bonds is 6. The molecule has 0 spiro atoms. The summed E-state index contributed by atoms with van der Waals surface area (Å²) in [5.74, 6) is 0.344. The number of anilines is 1. The van der Waals surface area contributed by atoms with E-state index in [4.69, 9.17) is 4.74 Å². The molecule has 3 rings (SSSR count). The third-order valence-electron chi connectivity index (χ3n) is 4.57. The van der Waals surface area contributed by atoms with Gasteiger partial charge in [0, 0.05) is 5.69 Å². The van der Waals surface area contributed by atoms with Crippen molar-refractivity contribution in [2.75, 3.05) is 11.9 Å². The SMILES string of the molecule is Cc1cccc(OCC(=O)Nc2ccc(S(=O)(=O)C3CCCC3)cc2)c1. The maximum Gasteiger partial charge on any atom is 0.262 e. The zero-order valence-corrected chi connectivity index (χ0v) is 15.6. The van der Waals surface area contributed by atoms with Crippen molar-refractivity contribution in [2.45, 2.75) is 42.8 Å². The number of nitrogens with one attached hydrogen (secondary N) is 1. The van der Waals surface area contributed by atoms with Crippen molar-refractivity contribution in [3.8, 4) is 5.75 Å². The lowest BCUT2D eigenvalue weighted by molar-refractivity contribution is -0.118. The zero-order chi connectivity index (χ0) is 18.6. The van der Waals surface area contributed by atoms with E-state index in [1.165, 1.54) is 0 Å². The molecule has 0 unspecified atom stereocenters. The van der Waals surface area contributed by atoms with Crippen LogP contribution in [0.25, 0.3) is 0 Å². The molecule has 0 radical (unpaired) electrons. The summed E-state index contributed by atoms with van der Waals surface area (Å²) in [7, 11) is -3.27. The largest absolute Gasteiger partial charge is 0.484 e. The molecule has 26 heavy (non-hydrogen) atoms. The third kappa shape index (κ3) is 4.43. The molecule has 1 N–H and O–H groups in total. The Hall–Kier alpha value is -2.34. The first-order valence-corrected chi connectivity index (χ1v) is 10.3. The summed E-state index contributed by atoms with van der Waals surface area (Å²) in [6.45, 7) is 1.85. The van der Waals surface area contributed by atoms with Gasteiger partial charge in [0.1, 0.15) is 5.75 Å². The van der Waals surface area contributed by atoms with Crippen molar-refractivity contribution in [2.24, 2.45) is 0 Å². The van der Waals surface area contributed by atoms with Gasteiger partial charge in [-0.1, -0.05) is 25.0 Å². The van der Waals surface area contributed by atoms with Crippen LogP contribution in [0.15, 0.2) is 53.4 Å². The van der Waals surface area contributed by atoms with Gasteiger partial charge in [0.25, 0.3) is 5.91 Å².